The molecule has 0 N–H and O–H groups in total. The van der Waals surface area contributed by atoms with Gasteiger partial charge in [0.15, 0.2) is 5.82 Å². The number of nitrogens with zero attached hydrogens (tertiary/aromatic N) is 5. The van der Waals surface area contributed by atoms with Crippen molar-refractivity contribution in [3.05, 3.63) is 51.9 Å². The van der Waals surface area contributed by atoms with Gasteiger partial charge in [0, 0.05) is 64.2 Å². The van der Waals surface area contributed by atoms with E-state index in [1.54, 1.807) is 19.3 Å². The smallest absolute Gasteiger partial charge is 0.228 e. The van der Waals surface area contributed by atoms with Crippen LogP contribution < -0.4 is 4.90 Å². The highest BCUT2D eigenvalue weighted by Crippen LogP contribution is 2.39. The molecule has 0 bridgehead atoms. The minimum Gasteiger partial charge on any atom is -0.343 e. The summed E-state index contributed by atoms with van der Waals surface area (Å²) in [6.07, 6.45) is 7.30. The number of rotatable bonds is 6. The standard InChI is InChI=1S/C26H33Cl2N5O2/c1-17-15-29-16-25(30-17)33-24(10-13-32-11-8-20(9-12-32)31(3)18(2)34)21(5-7-26(33)35)19-4-6-22(27)23(28)14-19/h4,6,14-16,20-21,24H,5,7-13H2,1-3H3/t21-,24?/m0/s1. The van der Waals surface area contributed by atoms with E-state index in [0.717, 1.165) is 56.6 Å². The summed E-state index contributed by atoms with van der Waals surface area (Å²) in [5.41, 5.74) is 1.87. The number of hydrogen-bond acceptors (Lipinski definition) is 5. The molecule has 0 radical (unpaired) electrons. The van der Waals surface area contributed by atoms with Crippen LogP contribution in [0.4, 0.5) is 5.82 Å². The van der Waals surface area contributed by atoms with Crippen molar-refractivity contribution >= 4 is 40.8 Å². The molecule has 3 heterocycles. The molecule has 4 rings (SSSR count). The predicted molar refractivity (Wildman–Crippen MR) is 139 cm³/mol. The van der Waals surface area contributed by atoms with E-state index in [1.807, 2.05) is 42.0 Å². The third kappa shape index (κ3) is 5.96. The van der Waals surface area contributed by atoms with Crippen LogP contribution in [-0.2, 0) is 9.59 Å². The maximum absolute atomic E-state index is 13.2. The molecule has 2 saturated heterocycles. The van der Waals surface area contributed by atoms with Gasteiger partial charge in [-0.1, -0.05) is 29.3 Å². The van der Waals surface area contributed by atoms with Gasteiger partial charge in [-0.2, -0.15) is 0 Å². The van der Waals surface area contributed by atoms with Crippen LogP contribution in [0.25, 0.3) is 0 Å². The molecule has 2 aliphatic rings. The summed E-state index contributed by atoms with van der Waals surface area (Å²) in [6, 6.07) is 6.01. The van der Waals surface area contributed by atoms with Crippen LogP contribution in [0, 0.1) is 6.92 Å². The van der Waals surface area contributed by atoms with Gasteiger partial charge in [0.2, 0.25) is 11.8 Å². The second-order valence-corrected chi connectivity index (χ2v) is 10.5. The van der Waals surface area contributed by atoms with Crippen molar-refractivity contribution in [1.82, 2.24) is 19.8 Å². The van der Waals surface area contributed by atoms with E-state index in [0.29, 0.717) is 28.3 Å². The number of carbonyl (C=O) groups excluding carboxylic acids is 2. The fraction of sp³-hybridized carbons (Fsp3) is 0.538. The molecule has 1 unspecified atom stereocenters. The van der Waals surface area contributed by atoms with E-state index in [4.69, 9.17) is 23.2 Å². The first kappa shape index (κ1) is 25.9. The van der Waals surface area contributed by atoms with Gasteiger partial charge in [-0.25, -0.2) is 4.98 Å². The fourth-order valence-corrected chi connectivity index (χ4v) is 5.69. The summed E-state index contributed by atoms with van der Waals surface area (Å²) >= 11 is 12.6. The molecule has 1 aromatic heterocycles. The highest BCUT2D eigenvalue weighted by atomic mass is 35.5. The lowest BCUT2D eigenvalue weighted by molar-refractivity contribution is -0.130. The van der Waals surface area contributed by atoms with Gasteiger partial charge < -0.3 is 9.80 Å². The molecule has 9 heteroatoms. The molecule has 2 atom stereocenters. The molecule has 1 aromatic carbocycles. The highest BCUT2D eigenvalue weighted by molar-refractivity contribution is 6.42. The van der Waals surface area contributed by atoms with Crippen molar-refractivity contribution in [3.63, 3.8) is 0 Å². The van der Waals surface area contributed by atoms with Gasteiger partial charge in [-0.05, 0) is 50.3 Å². The van der Waals surface area contributed by atoms with E-state index in [9.17, 15) is 9.59 Å². The number of likely N-dealkylation sites (tertiary alicyclic amines) is 1. The first-order chi connectivity index (χ1) is 16.7. The zero-order valence-corrected chi connectivity index (χ0v) is 22.1. The summed E-state index contributed by atoms with van der Waals surface area (Å²) in [4.78, 5) is 40.0. The quantitative estimate of drug-likeness (QED) is 0.555. The molecule has 188 valence electrons. The average molecular weight is 518 g/mol. The second-order valence-electron chi connectivity index (χ2n) is 9.66. The van der Waals surface area contributed by atoms with Gasteiger partial charge in [-0.3, -0.25) is 19.5 Å². The number of benzene rings is 1. The third-order valence-corrected chi connectivity index (χ3v) is 8.18. The maximum Gasteiger partial charge on any atom is 0.228 e. The Hall–Kier alpha value is -2.22. The predicted octanol–water partition coefficient (Wildman–Crippen LogP) is 4.70. The molecule has 35 heavy (non-hydrogen) atoms. The summed E-state index contributed by atoms with van der Waals surface area (Å²) in [5, 5.41) is 1.05. The van der Waals surface area contributed by atoms with Crippen molar-refractivity contribution in [2.24, 2.45) is 0 Å². The van der Waals surface area contributed by atoms with Crippen LogP contribution in [0.2, 0.25) is 10.0 Å². The van der Waals surface area contributed by atoms with Crippen molar-refractivity contribution in [3.8, 4) is 0 Å². The van der Waals surface area contributed by atoms with Crippen molar-refractivity contribution < 1.29 is 9.59 Å². The third-order valence-electron chi connectivity index (χ3n) is 7.44. The minimum absolute atomic E-state index is 0.0674. The van der Waals surface area contributed by atoms with Gasteiger partial charge in [0.1, 0.15) is 0 Å². The number of anilines is 1. The number of carbonyl (C=O) groups is 2. The van der Waals surface area contributed by atoms with E-state index in [1.165, 1.54) is 0 Å². The van der Waals surface area contributed by atoms with Crippen LogP contribution in [0.5, 0.6) is 0 Å². The Bertz CT molecular complexity index is 1070. The lowest BCUT2D eigenvalue weighted by Crippen LogP contribution is -2.51. The number of aryl methyl sites for hydroxylation is 1. The monoisotopic (exact) mass is 517 g/mol. The molecule has 2 amide bonds. The van der Waals surface area contributed by atoms with Crippen molar-refractivity contribution in [2.75, 3.05) is 31.6 Å². The zero-order chi connectivity index (χ0) is 25.1. The largest absolute Gasteiger partial charge is 0.343 e. The van der Waals surface area contributed by atoms with Crippen molar-refractivity contribution in [1.29, 1.82) is 0 Å². The van der Waals surface area contributed by atoms with Gasteiger partial charge in [0.05, 0.1) is 21.9 Å². The Kier molecular flexibility index (Phi) is 8.30. The van der Waals surface area contributed by atoms with Crippen LogP contribution >= 0.6 is 23.2 Å². The van der Waals surface area contributed by atoms with Gasteiger partial charge in [0.25, 0.3) is 0 Å². The Morgan fingerprint density at radius 2 is 1.89 bits per heavy atom. The topological polar surface area (TPSA) is 69.6 Å². The highest BCUT2D eigenvalue weighted by Gasteiger charge is 2.39. The second kappa shape index (κ2) is 11.2. The molecule has 2 aromatic rings. The van der Waals surface area contributed by atoms with E-state index in [2.05, 4.69) is 14.9 Å². The molecule has 7 nitrogen and oxygen atoms in total. The van der Waals surface area contributed by atoms with Gasteiger partial charge >= 0.3 is 0 Å². The summed E-state index contributed by atoms with van der Waals surface area (Å²) in [5.74, 6) is 0.911. The summed E-state index contributed by atoms with van der Waals surface area (Å²) < 4.78 is 0. The van der Waals surface area contributed by atoms with E-state index in [-0.39, 0.29) is 23.8 Å². The van der Waals surface area contributed by atoms with Crippen molar-refractivity contribution in [2.45, 2.75) is 64.0 Å². The summed E-state index contributed by atoms with van der Waals surface area (Å²) in [7, 11) is 1.89. The number of piperidine rings is 2. The number of halogens is 2. The Labute approximate surface area is 217 Å². The molecule has 0 aliphatic carbocycles. The molecule has 0 saturated carbocycles. The van der Waals surface area contributed by atoms with Crippen LogP contribution in [0.1, 0.15) is 56.2 Å². The Morgan fingerprint density at radius 3 is 2.54 bits per heavy atom. The van der Waals surface area contributed by atoms with Crippen LogP contribution in [-0.4, -0.2) is 70.3 Å². The lowest BCUT2D eigenvalue weighted by atomic mass is 9.81. The number of aromatic nitrogens is 2. The van der Waals surface area contributed by atoms with Crippen LogP contribution in [0.3, 0.4) is 0 Å². The first-order valence-corrected chi connectivity index (χ1v) is 13.0. The van der Waals surface area contributed by atoms with E-state index < -0.39 is 0 Å². The Morgan fingerprint density at radius 1 is 1.14 bits per heavy atom. The van der Waals surface area contributed by atoms with E-state index >= 15 is 0 Å². The Balaban J connectivity index is 1.55. The number of hydrogen-bond donors (Lipinski definition) is 0. The molecule has 2 fully saturated rings. The first-order valence-electron chi connectivity index (χ1n) is 12.3. The minimum atomic E-state index is -0.0674. The number of amides is 2. The fourth-order valence-electron chi connectivity index (χ4n) is 5.38. The van der Waals surface area contributed by atoms with Gasteiger partial charge in [-0.15, -0.1) is 0 Å². The lowest BCUT2D eigenvalue weighted by Gasteiger charge is -2.42. The SMILES string of the molecule is CC(=O)N(C)C1CCN(CCC2[C@H](c3ccc(Cl)c(Cl)c3)CCC(=O)N2c2cncc(C)n2)CC1. The molecule has 0 spiro atoms. The zero-order valence-electron chi connectivity index (χ0n) is 20.6. The maximum atomic E-state index is 13.2. The normalized spacial score (nSPS) is 21.9. The average Bonchev–Trinajstić information content (AvgIpc) is 2.84. The molecular formula is C26H33Cl2N5O2. The molecular weight excluding hydrogens is 485 g/mol. The van der Waals surface area contributed by atoms with Crippen LogP contribution in [0.15, 0.2) is 30.6 Å². The summed E-state index contributed by atoms with van der Waals surface area (Å²) in [6.45, 7) is 6.24. The molecule has 2 aliphatic heterocycles.